The number of fused-ring (bicyclic) bond motifs is 9. The van der Waals surface area contributed by atoms with E-state index in [0.29, 0.717) is 5.75 Å². The molecule has 0 unspecified atom stereocenters. The van der Waals surface area contributed by atoms with Crippen molar-refractivity contribution in [2.24, 2.45) is 0 Å². The van der Waals surface area contributed by atoms with Gasteiger partial charge in [-0.25, -0.2) is 0 Å². The molecule has 3 nitrogen and oxygen atoms in total. The lowest BCUT2D eigenvalue weighted by Gasteiger charge is -2.12. The predicted octanol–water partition coefficient (Wildman–Crippen LogP) is 6.94. The molecule has 0 spiro atoms. The fourth-order valence-corrected chi connectivity index (χ4v) is 6.40. The Morgan fingerprint density at radius 2 is 1.39 bits per heavy atom. The number of hydrogen-bond acceptors (Lipinski definition) is 3. The Labute approximate surface area is 194 Å². The molecule has 2 aromatic heterocycles. The van der Waals surface area contributed by atoms with Crippen molar-refractivity contribution in [2.45, 2.75) is 0 Å². The van der Waals surface area contributed by atoms with E-state index in [1.807, 2.05) is 17.4 Å². The first-order valence-corrected chi connectivity index (χ1v) is 11.8. The number of benzene rings is 5. The Kier molecular flexibility index (Phi) is 4.04. The molecule has 2 heterocycles. The summed E-state index contributed by atoms with van der Waals surface area (Å²) in [6.07, 6.45) is 0. The van der Waals surface area contributed by atoms with E-state index in [2.05, 4.69) is 95.6 Å². The number of thiophene rings is 1. The minimum atomic E-state index is -0.364. The van der Waals surface area contributed by atoms with Gasteiger partial charge < -0.3 is 14.2 Å². The van der Waals surface area contributed by atoms with Gasteiger partial charge in [0.15, 0.2) is 0 Å². The summed E-state index contributed by atoms with van der Waals surface area (Å²) in [5.74, 6) is 0.694. The summed E-state index contributed by atoms with van der Waals surface area (Å²) in [5.41, 5.74) is 3.32. The number of nitrogens with zero attached hydrogens (tertiary/aromatic N) is 1. The maximum absolute atomic E-state index is 9.68. The first kappa shape index (κ1) is 18.7. The van der Waals surface area contributed by atoms with E-state index in [9.17, 15) is 5.02 Å². The summed E-state index contributed by atoms with van der Waals surface area (Å²) in [6.45, 7) is 0. The normalized spacial score (nSPS) is 11.8. The number of rotatable bonds is 3. The summed E-state index contributed by atoms with van der Waals surface area (Å²) in [5, 5.41) is 16.8. The fraction of sp³-hybridized carbons (Fsp3) is 0. The summed E-state index contributed by atoms with van der Waals surface area (Å²) in [7, 11) is -0.364. The van der Waals surface area contributed by atoms with Crippen molar-refractivity contribution in [2.75, 3.05) is 0 Å². The van der Waals surface area contributed by atoms with Crippen molar-refractivity contribution >= 4 is 71.8 Å². The summed E-state index contributed by atoms with van der Waals surface area (Å²) in [6, 6.07) is 33.9. The predicted molar refractivity (Wildman–Crippen MR) is 141 cm³/mol. The first-order valence-electron chi connectivity index (χ1n) is 10.9. The van der Waals surface area contributed by atoms with Crippen molar-refractivity contribution in [1.29, 1.82) is 0 Å². The van der Waals surface area contributed by atoms with E-state index in [1.54, 1.807) is 0 Å². The van der Waals surface area contributed by atoms with Crippen LogP contribution in [0.5, 0.6) is 5.75 Å². The Balaban J connectivity index is 1.79. The van der Waals surface area contributed by atoms with Gasteiger partial charge in [0.05, 0.1) is 11.0 Å². The Morgan fingerprint density at radius 1 is 0.667 bits per heavy atom. The average molecular weight is 443 g/mol. The SMILES string of the molecule is OBOc1cc2c(c3ccccc3n2-c2ccccc2)c2c1ccc1c3ccccc3sc12. The van der Waals surface area contributed by atoms with Crippen molar-refractivity contribution in [3.63, 3.8) is 0 Å². The zero-order valence-electron chi connectivity index (χ0n) is 17.7. The molecule has 0 bridgehead atoms. The molecule has 156 valence electrons. The monoisotopic (exact) mass is 443 g/mol. The summed E-state index contributed by atoms with van der Waals surface area (Å²) < 4.78 is 10.6. The Bertz CT molecular complexity index is 1840. The van der Waals surface area contributed by atoms with Crippen molar-refractivity contribution in [1.82, 2.24) is 4.57 Å². The molecule has 7 aromatic rings. The van der Waals surface area contributed by atoms with Gasteiger partial charge in [-0.05, 0) is 30.3 Å². The van der Waals surface area contributed by atoms with Crippen LogP contribution in [-0.2, 0) is 0 Å². The van der Waals surface area contributed by atoms with Gasteiger partial charge in [-0.2, -0.15) is 0 Å². The van der Waals surface area contributed by atoms with Crippen LogP contribution < -0.4 is 4.65 Å². The van der Waals surface area contributed by atoms with Crippen LogP contribution in [0.1, 0.15) is 0 Å². The van der Waals surface area contributed by atoms with Gasteiger partial charge in [-0.1, -0.05) is 60.7 Å². The van der Waals surface area contributed by atoms with Crippen LogP contribution in [0.2, 0.25) is 0 Å². The lowest BCUT2D eigenvalue weighted by molar-refractivity contribution is 0.457. The highest BCUT2D eigenvalue weighted by atomic mass is 32.1. The van der Waals surface area contributed by atoms with Gasteiger partial charge in [0.2, 0.25) is 0 Å². The topological polar surface area (TPSA) is 34.4 Å². The largest absolute Gasteiger partial charge is 0.538 e. The zero-order valence-corrected chi connectivity index (χ0v) is 18.5. The Hall–Kier alpha value is -3.80. The maximum Gasteiger partial charge on any atom is 0.504 e. The molecule has 5 aromatic carbocycles. The maximum atomic E-state index is 9.68. The molecule has 0 aliphatic heterocycles. The molecule has 0 saturated heterocycles. The van der Waals surface area contributed by atoms with E-state index in [-0.39, 0.29) is 7.69 Å². The third-order valence-corrected chi connectivity index (χ3v) is 7.68. The van der Waals surface area contributed by atoms with Crippen LogP contribution in [0.4, 0.5) is 0 Å². The molecule has 33 heavy (non-hydrogen) atoms. The molecule has 1 N–H and O–H groups in total. The fourth-order valence-electron chi connectivity index (χ4n) is 5.15. The minimum Gasteiger partial charge on any atom is -0.538 e. The highest BCUT2D eigenvalue weighted by Crippen LogP contribution is 2.47. The lowest BCUT2D eigenvalue weighted by Crippen LogP contribution is -2.01. The van der Waals surface area contributed by atoms with Crippen LogP contribution in [0, 0.1) is 0 Å². The molecule has 0 saturated carbocycles. The standard InChI is InChI=1S/C28H18BNO2S/c31-29-32-24-16-23-26(20-11-4-6-12-22(20)30(23)17-8-2-1-3-9-17)27-21(24)15-14-19-18-10-5-7-13-25(18)33-28(19)27/h1-16,29,31H. The van der Waals surface area contributed by atoms with Gasteiger partial charge in [0.1, 0.15) is 5.75 Å². The number of hydrogen-bond donors (Lipinski definition) is 1. The highest BCUT2D eigenvalue weighted by molar-refractivity contribution is 7.26. The molecule has 0 aliphatic carbocycles. The Morgan fingerprint density at radius 3 is 2.24 bits per heavy atom. The van der Waals surface area contributed by atoms with Crippen molar-refractivity contribution < 1.29 is 9.68 Å². The smallest absolute Gasteiger partial charge is 0.504 e. The molecule has 0 fully saturated rings. The van der Waals surface area contributed by atoms with Crippen LogP contribution in [0.3, 0.4) is 0 Å². The number of para-hydroxylation sites is 2. The third kappa shape index (κ3) is 2.61. The molecular weight excluding hydrogens is 425 g/mol. The van der Waals surface area contributed by atoms with Gasteiger partial charge in [-0.15, -0.1) is 11.3 Å². The van der Waals surface area contributed by atoms with Crippen molar-refractivity contribution in [3.8, 4) is 11.4 Å². The molecule has 0 amide bonds. The first-order chi connectivity index (χ1) is 16.3. The second-order valence-corrected chi connectivity index (χ2v) is 9.25. The van der Waals surface area contributed by atoms with Crippen LogP contribution in [0.15, 0.2) is 97.1 Å². The average Bonchev–Trinajstić information content (AvgIpc) is 3.40. The quantitative estimate of drug-likeness (QED) is 0.300. The molecular formula is C28H18BNO2S. The molecule has 0 radical (unpaired) electrons. The van der Waals surface area contributed by atoms with Crippen LogP contribution in [-0.4, -0.2) is 17.3 Å². The van der Waals surface area contributed by atoms with E-state index in [1.165, 1.54) is 36.3 Å². The molecule has 5 heteroatoms. The van der Waals surface area contributed by atoms with E-state index in [4.69, 9.17) is 4.65 Å². The van der Waals surface area contributed by atoms with Gasteiger partial charge >= 0.3 is 7.69 Å². The summed E-state index contributed by atoms with van der Waals surface area (Å²) in [4.78, 5) is 0. The zero-order chi connectivity index (χ0) is 21.9. The van der Waals surface area contributed by atoms with Crippen LogP contribution in [0.25, 0.3) is 58.4 Å². The third-order valence-electron chi connectivity index (χ3n) is 6.48. The highest BCUT2D eigenvalue weighted by Gasteiger charge is 2.20. The molecule has 0 aliphatic rings. The van der Waals surface area contributed by atoms with E-state index in [0.717, 1.165) is 22.1 Å². The van der Waals surface area contributed by atoms with Crippen molar-refractivity contribution in [3.05, 3.63) is 97.1 Å². The van der Waals surface area contributed by atoms with Gasteiger partial charge in [0.25, 0.3) is 0 Å². The second-order valence-electron chi connectivity index (χ2n) is 8.19. The van der Waals surface area contributed by atoms with E-state index < -0.39 is 0 Å². The molecule has 0 atom stereocenters. The van der Waals surface area contributed by atoms with Gasteiger partial charge in [-0.3, -0.25) is 0 Å². The second kappa shape index (κ2) is 7.10. The summed E-state index contributed by atoms with van der Waals surface area (Å²) >= 11 is 1.82. The van der Waals surface area contributed by atoms with Crippen LogP contribution >= 0.6 is 11.3 Å². The van der Waals surface area contributed by atoms with Gasteiger partial charge in [0, 0.05) is 53.5 Å². The van der Waals surface area contributed by atoms with E-state index >= 15 is 0 Å². The number of aromatic nitrogens is 1. The lowest BCUT2D eigenvalue weighted by atomic mass is 10.00. The minimum absolute atomic E-state index is 0.364. The molecule has 7 rings (SSSR count).